The van der Waals surface area contributed by atoms with E-state index in [4.69, 9.17) is 10.5 Å². The minimum atomic E-state index is -1.72. The van der Waals surface area contributed by atoms with Crippen molar-refractivity contribution < 1.29 is 57.0 Å². The molecule has 20 nitrogen and oxygen atoms in total. The van der Waals surface area contributed by atoms with Crippen LogP contribution in [0.5, 0.6) is 0 Å². The number of hydrogen-bond acceptors (Lipinski definition) is 11. The van der Waals surface area contributed by atoms with Gasteiger partial charge in [0.1, 0.15) is 49.5 Å². The maximum Gasteiger partial charge on any atom is 0.407 e. The van der Waals surface area contributed by atoms with Crippen LogP contribution >= 0.6 is 0 Å². The average Bonchev–Trinajstić information content (AvgIpc) is 3.89. The molecule has 0 aliphatic carbocycles. The lowest BCUT2D eigenvalue weighted by Gasteiger charge is -2.41. The standard InChI is InChI=1S/C57H78F2N10O10/c1-35(2)50(67-48(73)29-63-55(78)79-34-38-18-14-11-15-19-38)54(77)66-44(28-46(60)71)53(76)65-43(52(75)62-24-23-61-47(72)30-64-57(8,9)36(3)4)22-25-69(49(74)33-70)51(56(5,6)7)45-26-39(41-27-40(58)20-21-42(41)59)32-68(45)31-37-16-12-10-13-17-37/h10-21,26-27,32,35-36,43-44,50-51,64,70H,22-25,28-31,33-34H2,1-9H3,(H2,60,71)(H,61,72)(H,62,75)(H,63,78)(H,65,76)(H,66,77)(H,67,73)/t43-,44-,50?,51-/m0/s1. The number of carbonyl (C=O) groups excluding carboxylic acids is 8. The molecule has 0 radical (unpaired) electrons. The van der Waals surface area contributed by atoms with Crippen LogP contribution in [0.15, 0.2) is 91.1 Å². The Morgan fingerprint density at radius 1 is 0.722 bits per heavy atom. The van der Waals surface area contributed by atoms with E-state index in [9.17, 15) is 47.9 Å². The highest BCUT2D eigenvalue weighted by molar-refractivity contribution is 5.97. The van der Waals surface area contributed by atoms with E-state index in [0.29, 0.717) is 16.8 Å². The topological polar surface area (TPSA) is 284 Å². The fraction of sp³-hybridized carbons (Fsp3) is 0.474. The Bertz CT molecular complexity index is 2710. The largest absolute Gasteiger partial charge is 0.445 e. The maximum absolute atomic E-state index is 15.4. The van der Waals surface area contributed by atoms with Crippen LogP contribution in [0.1, 0.15) is 98.0 Å². The summed E-state index contributed by atoms with van der Waals surface area (Å²) in [6, 6.07) is 17.3. The van der Waals surface area contributed by atoms with Gasteiger partial charge in [-0.05, 0) is 72.9 Å². The summed E-state index contributed by atoms with van der Waals surface area (Å²) < 4.78 is 37.0. The first kappa shape index (κ1) is 63.8. The number of benzene rings is 3. The number of hydrogen-bond donors (Lipinski definition) is 9. The van der Waals surface area contributed by atoms with E-state index in [1.165, 1.54) is 4.90 Å². The van der Waals surface area contributed by atoms with Gasteiger partial charge in [0, 0.05) is 54.7 Å². The summed E-state index contributed by atoms with van der Waals surface area (Å²) in [6.07, 6.45) is -0.363. The summed E-state index contributed by atoms with van der Waals surface area (Å²) in [6.45, 7) is 14.7. The number of aliphatic hydroxyl groups is 1. The second-order valence-electron chi connectivity index (χ2n) is 21.6. The number of nitrogens with zero attached hydrogens (tertiary/aromatic N) is 2. The van der Waals surface area contributed by atoms with Crippen LogP contribution in [0.25, 0.3) is 11.1 Å². The monoisotopic (exact) mass is 1100 g/mol. The van der Waals surface area contributed by atoms with Gasteiger partial charge in [-0.3, -0.25) is 33.6 Å². The van der Waals surface area contributed by atoms with Crippen molar-refractivity contribution in [3.05, 3.63) is 120 Å². The van der Waals surface area contributed by atoms with Crippen LogP contribution < -0.4 is 43.0 Å². The minimum absolute atomic E-state index is 0.0100. The number of primary amides is 1. The Hall–Kier alpha value is -7.72. The predicted octanol–water partition coefficient (Wildman–Crippen LogP) is 3.95. The normalized spacial score (nSPS) is 13.1. The van der Waals surface area contributed by atoms with Crippen molar-refractivity contribution in [1.29, 1.82) is 0 Å². The number of rotatable bonds is 29. The maximum atomic E-state index is 15.4. The SMILES string of the molecule is CC(C)C(NC(=O)CNC(=O)OCc1ccccc1)C(=O)N[C@@H](CC(N)=O)C(=O)N[C@@H](CCN(C(=O)CO)[C@@H](c1cc(-c2cc(F)ccc2F)cn1Cc1ccccc1)C(C)(C)C)C(=O)NCCNC(=O)CNC(C)(C)C(C)C. The molecule has 0 aliphatic rings. The van der Waals surface area contributed by atoms with Gasteiger partial charge in [0.15, 0.2) is 0 Å². The third-order valence-corrected chi connectivity index (χ3v) is 13.3. The number of ether oxygens (including phenoxy) is 1. The van der Waals surface area contributed by atoms with Crippen LogP contribution in [0, 0.1) is 28.9 Å². The summed E-state index contributed by atoms with van der Waals surface area (Å²) in [5, 5.41) is 29.0. The molecule has 1 unspecified atom stereocenters. The highest BCUT2D eigenvalue weighted by Gasteiger charge is 2.39. The Kier molecular flexibility index (Phi) is 24.1. The van der Waals surface area contributed by atoms with Crippen molar-refractivity contribution >= 4 is 47.4 Å². The molecule has 430 valence electrons. The van der Waals surface area contributed by atoms with Gasteiger partial charge in [-0.25, -0.2) is 13.6 Å². The number of amides is 8. The Morgan fingerprint density at radius 2 is 1.34 bits per heavy atom. The first-order chi connectivity index (χ1) is 37.2. The average molecular weight is 1100 g/mol. The van der Waals surface area contributed by atoms with Crippen molar-refractivity contribution in [2.24, 2.45) is 23.0 Å². The van der Waals surface area contributed by atoms with Crippen molar-refractivity contribution in [3.63, 3.8) is 0 Å². The van der Waals surface area contributed by atoms with E-state index in [1.807, 2.05) is 78.8 Å². The quantitative estimate of drug-likeness (QED) is 0.0351. The number of nitrogens with two attached hydrogens (primary N) is 1. The van der Waals surface area contributed by atoms with Gasteiger partial charge in [-0.1, -0.05) is 109 Å². The van der Waals surface area contributed by atoms with Crippen molar-refractivity contribution in [1.82, 2.24) is 46.7 Å². The molecular weight excluding hydrogens is 1020 g/mol. The Morgan fingerprint density at radius 3 is 1.94 bits per heavy atom. The molecule has 0 saturated carbocycles. The molecule has 0 aliphatic heterocycles. The van der Waals surface area contributed by atoms with Gasteiger partial charge in [-0.2, -0.15) is 0 Å². The van der Waals surface area contributed by atoms with Gasteiger partial charge in [0.25, 0.3) is 0 Å². The molecule has 79 heavy (non-hydrogen) atoms. The van der Waals surface area contributed by atoms with E-state index in [2.05, 4.69) is 37.2 Å². The summed E-state index contributed by atoms with van der Waals surface area (Å²) in [7, 11) is 0. The zero-order chi connectivity index (χ0) is 58.6. The molecule has 1 aromatic heterocycles. The number of nitrogens with one attached hydrogen (secondary N) is 7. The molecule has 3 aromatic carbocycles. The van der Waals surface area contributed by atoms with Crippen LogP contribution in [0.4, 0.5) is 13.6 Å². The summed E-state index contributed by atoms with van der Waals surface area (Å²) in [5.41, 5.74) is 6.61. The van der Waals surface area contributed by atoms with Gasteiger partial charge in [-0.15, -0.1) is 0 Å². The zero-order valence-electron chi connectivity index (χ0n) is 46.5. The van der Waals surface area contributed by atoms with Gasteiger partial charge < -0.3 is 62.3 Å². The van der Waals surface area contributed by atoms with E-state index in [0.717, 1.165) is 23.8 Å². The molecule has 0 fully saturated rings. The molecular formula is C57H78F2N10O10. The molecule has 4 aromatic rings. The number of carbonyl (C=O) groups is 8. The third kappa shape index (κ3) is 20.2. The molecule has 0 saturated heterocycles. The molecule has 1 heterocycles. The predicted molar refractivity (Wildman–Crippen MR) is 293 cm³/mol. The zero-order valence-corrected chi connectivity index (χ0v) is 46.5. The van der Waals surface area contributed by atoms with Crippen LogP contribution in [-0.4, -0.2) is 125 Å². The molecule has 22 heteroatoms. The minimum Gasteiger partial charge on any atom is -0.445 e. The number of aromatic nitrogens is 1. The van der Waals surface area contributed by atoms with E-state index >= 15 is 4.39 Å². The van der Waals surface area contributed by atoms with E-state index < -0.39 is 108 Å². The van der Waals surface area contributed by atoms with Crippen LogP contribution in [0.3, 0.4) is 0 Å². The lowest BCUT2D eigenvalue weighted by atomic mass is 9.82. The lowest BCUT2D eigenvalue weighted by molar-refractivity contribution is -0.140. The molecule has 10 N–H and O–H groups in total. The Balaban J connectivity index is 1.65. The highest BCUT2D eigenvalue weighted by atomic mass is 19.1. The van der Waals surface area contributed by atoms with Gasteiger partial charge >= 0.3 is 6.09 Å². The van der Waals surface area contributed by atoms with Crippen molar-refractivity contribution in [2.45, 2.75) is 118 Å². The van der Waals surface area contributed by atoms with E-state index in [1.54, 1.807) is 61.0 Å². The number of halogens is 2. The second kappa shape index (κ2) is 29.9. The van der Waals surface area contributed by atoms with Crippen LogP contribution in [-0.2, 0) is 51.5 Å². The molecule has 8 amide bonds. The van der Waals surface area contributed by atoms with Crippen molar-refractivity contribution in [2.75, 3.05) is 39.3 Å². The first-order valence-electron chi connectivity index (χ1n) is 26.2. The Labute approximate surface area is 460 Å². The summed E-state index contributed by atoms with van der Waals surface area (Å²) in [4.78, 5) is 109. The molecule has 0 bridgehead atoms. The smallest absolute Gasteiger partial charge is 0.407 e. The number of aliphatic hydroxyl groups excluding tert-OH is 1. The molecule has 4 atom stereocenters. The van der Waals surface area contributed by atoms with Gasteiger partial charge in [0.2, 0.25) is 41.4 Å². The number of alkyl carbamates (subject to hydrolysis) is 1. The highest BCUT2D eigenvalue weighted by Crippen LogP contribution is 2.41. The fourth-order valence-electron chi connectivity index (χ4n) is 8.35. The van der Waals surface area contributed by atoms with Crippen molar-refractivity contribution in [3.8, 4) is 11.1 Å². The fourth-order valence-corrected chi connectivity index (χ4v) is 8.35. The summed E-state index contributed by atoms with van der Waals surface area (Å²) >= 11 is 0. The molecule has 4 rings (SSSR count). The van der Waals surface area contributed by atoms with E-state index in [-0.39, 0.29) is 68.7 Å². The third-order valence-electron chi connectivity index (χ3n) is 13.3. The van der Waals surface area contributed by atoms with Crippen LogP contribution in [0.2, 0.25) is 0 Å². The van der Waals surface area contributed by atoms with Gasteiger partial charge in [0.05, 0.1) is 19.0 Å². The molecule has 0 spiro atoms. The first-order valence-corrected chi connectivity index (χ1v) is 26.2. The lowest BCUT2D eigenvalue weighted by Crippen LogP contribution is -2.59. The summed E-state index contributed by atoms with van der Waals surface area (Å²) in [5.74, 6) is -7.47. The second-order valence-corrected chi connectivity index (χ2v) is 21.6.